The fourth-order valence-corrected chi connectivity index (χ4v) is 1.90. The molecule has 0 aliphatic rings. The van der Waals surface area contributed by atoms with Crippen molar-refractivity contribution in [2.75, 3.05) is 0 Å². The van der Waals surface area contributed by atoms with E-state index < -0.39 is 48.3 Å². The summed E-state index contributed by atoms with van der Waals surface area (Å²) < 4.78 is 163. The third-order valence-electron chi connectivity index (χ3n) is 2.56. The Morgan fingerprint density at radius 2 is 0.818 bits per heavy atom. The molecule has 134 valence electrons. The van der Waals surface area contributed by atoms with E-state index in [1.54, 1.807) is 0 Å². The Morgan fingerprint density at radius 1 is 0.500 bits per heavy atom. The summed E-state index contributed by atoms with van der Waals surface area (Å²) in [7, 11) is -0.260. The van der Waals surface area contributed by atoms with Gasteiger partial charge in [-0.25, -0.2) is 0 Å². The summed E-state index contributed by atoms with van der Waals surface area (Å²) in [5.74, 6) is -36.1. The summed E-state index contributed by atoms with van der Waals surface area (Å²) in [4.78, 5) is 0. The Hall–Kier alpha value is -0.693. The van der Waals surface area contributed by atoms with Gasteiger partial charge in [0.25, 0.3) is 0 Å². The van der Waals surface area contributed by atoms with Gasteiger partial charge >= 0.3 is 35.8 Å². The first-order valence-electron chi connectivity index (χ1n) is 5.27. The third-order valence-corrected chi connectivity index (χ3v) is 3.06. The molecule has 0 fully saturated rings. The SMILES string of the molecule is FC(F)(F)C(F)(F)C(F)(F)C(F)(F)C(F)(F)C(F)(F)CC[SiH3]. The van der Waals surface area contributed by atoms with Crippen LogP contribution in [0.3, 0.4) is 0 Å². The molecule has 0 unspecified atom stereocenters. The fraction of sp³-hybridized carbons (Fsp3) is 1.00. The second-order valence-corrected chi connectivity index (χ2v) is 5.25. The number of hydrogen-bond acceptors (Lipinski definition) is 0. The van der Waals surface area contributed by atoms with Crippen molar-refractivity contribution in [3.63, 3.8) is 0 Å². The summed E-state index contributed by atoms with van der Waals surface area (Å²) in [6.07, 6.45) is -9.43. The lowest BCUT2D eigenvalue weighted by Crippen LogP contribution is -2.70. The topological polar surface area (TPSA) is 0 Å². The van der Waals surface area contributed by atoms with Crippen molar-refractivity contribution in [2.24, 2.45) is 0 Å². The second-order valence-electron chi connectivity index (χ2n) is 4.25. The van der Waals surface area contributed by atoms with Crippen LogP contribution in [0.5, 0.6) is 0 Å². The van der Waals surface area contributed by atoms with Crippen LogP contribution < -0.4 is 0 Å². The molecule has 0 radical (unpaired) electrons. The Morgan fingerprint density at radius 3 is 1.09 bits per heavy atom. The average molecular weight is 378 g/mol. The lowest BCUT2D eigenvalue weighted by Gasteiger charge is -2.39. The van der Waals surface area contributed by atoms with Crippen molar-refractivity contribution in [1.29, 1.82) is 0 Å². The molecule has 14 heteroatoms. The summed E-state index contributed by atoms with van der Waals surface area (Å²) in [6, 6.07) is -0.820. The minimum absolute atomic E-state index is 0.260. The van der Waals surface area contributed by atoms with Crippen molar-refractivity contribution >= 4 is 10.2 Å². The van der Waals surface area contributed by atoms with Gasteiger partial charge in [-0.1, -0.05) is 6.04 Å². The molecule has 0 aromatic rings. The van der Waals surface area contributed by atoms with E-state index in [1.807, 2.05) is 0 Å². The van der Waals surface area contributed by atoms with Crippen molar-refractivity contribution in [3.05, 3.63) is 0 Å². The van der Waals surface area contributed by atoms with E-state index in [1.165, 1.54) is 0 Å². The maximum atomic E-state index is 12.9. The van der Waals surface area contributed by atoms with Crippen molar-refractivity contribution in [2.45, 2.75) is 48.3 Å². The zero-order chi connectivity index (χ0) is 18.4. The highest BCUT2D eigenvalue weighted by Gasteiger charge is 2.90. The smallest absolute Gasteiger partial charge is 0.200 e. The van der Waals surface area contributed by atoms with Crippen molar-refractivity contribution in [3.8, 4) is 0 Å². The van der Waals surface area contributed by atoms with E-state index in [4.69, 9.17) is 0 Å². The van der Waals surface area contributed by atoms with Gasteiger partial charge in [-0.05, 0) is 0 Å². The van der Waals surface area contributed by atoms with Crippen LogP contribution in [0.2, 0.25) is 6.04 Å². The molecule has 0 saturated heterocycles. The van der Waals surface area contributed by atoms with Crippen LogP contribution in [0.25, 0.3) is 0 Å². The average Bonchev–Trinajstić information content (AvgIpc) is 2.26. The molecule has 0 spiro atoms. The van der Waals surface area contributed by atoms with Gasteiger partial charge in [0, 0.05) is 16.7 Å². The zero-order valence-electron chi connectivity index (χ0n) is 10.3. The summed E-state index contributed by atoms with van der Waals surface area (Å²) in [5, 5.41) is 0. The molecule has 22 heavy (non-hydrogen) atoms. The molecular formula is C8H7F13Si. The maximum absolute atomic E-state index is 12.9. The highest BCUT2D eigenvalue weighted by atomic mass is 28.1. The molecule has 0 atom stereocenters. The summed E-state index contributed by atoms with van der Waals surface area (Å²) >= 11 is 0. The van der Waals surface area contributed by atoms with Gasteiger partial charge in [-0.3, -0.25) is 0 Å². The predicted octanol–water partition coefficient (Wildman–Crippen LogP) is 3.90. The zero-order valence-corrected chi connectivity index (χ0v) is 12.3. The number of halogens is 13. The minimum Gasteiger partial charge on any atom is -0.200 e. The Labute approximate surface area is 117 Å². The van der Waals surface area contributed by atoms with Crippen LogP contribution >= 0.6 is 0 Å². The largest absolute Gasteiger partial charge is 0.460 e. The molecule has 0 aliphatic carbocycles. The summed E-state index contributed by atoms with van der Waals surface area (Å²) in [6.45, 7) is 0. The van der Waals surface area contributed by atoms with E-state index in [0.29, 0.717) is 0 Å². The van der Waals surface area contributed by atoms with E-state index in [2.05, 4.69) is 0 Å². The molecule has 0 amide bonds. The van der Waals surface area contributed by atoms with E-state index in [-0.39, 0.29) is 10.2 Å². The van der Waals surface area contributed by atoms with Gasteiger partial charge in [0.15, 0.2) is 0 Å². The molecule has 0 saturated carbocycles. The van der Waals surface area contributed by atoms with Crippen LogP contribution in [-0.4, -0.2) is 46.0 Å². The van der Waals surface area contributed by atoms with Gasteiger partial charge in [0.2, 0.25) is 0 Å². The molecule has 0 aromatic heterocycles. The lowest BCUT2D eigenvalue weighted by atomic mass is 9.93. The molecule has 0 heterocycles. The monoisotopic (exact) mass is 378 g/mol. The van der Waals surface area contributed by atoms with Crippen LogP contribution in [0, 0.1) is 0 Å². The highest BCUT2D eigenvalue weighted by molar-refractivity contribution is 6.08. The first kappa shape index (κ1) is 21.3. The van der Waals surface area contributed by atoms with Crippen LogP contribution in [0.1, 0.15) is 6.42 Å². The number of rotatable bonds is 6. The normalized spacial score (nSPS) is 16.2. The molecule has 0 nitrogen and oxygen atoms in total. The maximum Gasteiger partial charge on any atom is 0.460 e. The van der Waals surface area contributed by atoms with Crippen molar-refractivity contribution in [1.82, 2.24) is 0 Å². The van der Waals surface area contributed by atoms with Crippen LogP contribution in [0.4, 0.5) is 57.1 Å². The lowest BCUT2D eigenvalue weighted by molar-refractivity contribution is -0.439. The van der Waals surface area contributed by atoms with Crippen LogP contribution in [0.15, 0.2) is 0 Å². The Kier molecular flexibility index (Phi) is 5.27. The Balaban J connectivity index is 6.11. The number of alkyl halides is 13. The fourth-order valence-electron chi connectivity index (χ4n) is 1.27. The standard InChI is InChI=1S/C8H7F13Si/c9-3(10,1-2-22)4(11,12)5(13,14)6(15,16)7(17,18)8(19,20)21/h1-2H2,22H3. The molecule has 0 aliphatic heterocycles. The minimum atomic E-state index is -7.80. The first-order valence-corrected chi connectivity index (χ1v) is 6.68. The van der Waals surface area contributed by atoms with Gasteiger partial charge < -0.3 is 0 Å². The molecule has 0 bridgehead atoms. The molecule has 0 N–H and O–H groups in total. The second kappa shape index (κ2) is 5.44. The van der Waals surface area contributed by atoms with Gasteiger partial charge in [0.1, 0.15) is 0 Å². The van der Waals surface area contributed by atoms with Crippen molar-refractivity contribution < 1.29 is 57.1 Å². The van der Waals surface area contributed by atoms with Gasteiger partial charge in [0.05, 0.1) is 0 Å². The van der Waals surface area contributed by atoms with Gasteiger partial charge in [-0.2, -0.15) is 57.1 Å². The summed E-state index contributed by atoms with van der Waals surface area (Å²) in [5.41, 5.74) is 0. The third kappa shape index (κ3) is 2.77. The van der Waals surface area contributed by atoms with Crippen LogP contribution in [-0.2, 0) is 0 Å². The molecule has 0 rings (SSSR count). The van der Waals surface area contributed by atoms with E-state index in [0.717, 1.165) is 0 Å². The molecular weight excluding hydrogens is 371 g/mol. The predicted molar refractivity (Wildman–Crippen MR) is 50.2 cm³/mol. The van der Waals surface area contributed by atoms with E-state index in [9.17, 15) is 57.1 Å². The first-order chi connectivity index (χ1) is 9.31. The number of hydrogen-bond donors (Lipinski definition) is 0. The van der Waals surface area contributed by atoms with Gasteiger partial charge in [-0.15, -0.1) is 0 Å². The highest BCUT2D eigenvalue weighted by Crippen LogP contribution is 2.60. The quantitative estimate of drug-likeness (QED) is 0.486. The Bertz CT molecular complexity index is 395. The van der Waals surface area contributed by atoms with E-state index >= 15 is 0 Å². The molecule has 0 aromatic carbocycles.